The summed E-state index contributed by atoms with van der Waals surface area (Å²) >= 11 is 1.12. The number of pyridine rings is 1. The van der Waals surface area contributed by atoms with Crippen molar-refractivity contribution >= 4 is 17.3 Å². The van der Waals surface area contributed by atoms with Crippen LogP contribution < -0.4 is 15.0 Å². The normalized spacial score (nSPS) is 15.8. The minimum absolute atomic E-state index is 0.221. The lowest BCUT2D eigenvalue weighted by molar-refractivity contribution is -0.274. The molecule has 0 amide bonds. The van der Waals surface area contributed by atoms with Gasteiger partial charge in [-0.3, -0.25) is 9.82 Å². The zero-order chi connectivity index (χ0) is 22.0. The van der Waals surface area contributed by atoms with Gasteiger partial charge < -0.3 is 14.6 Å². The number of alkyl halides is 3. The lowest BCUT2D eigenvalue weighted by atomic mass is 10.1. The number of benzene rings is 1. The van der Waals surface area contributed by atoms with Gasteiger partial charge in [-0.1, -0.05) is 12.1 Å². The van der Waals surface area contributed by atoms with Gasteiger partial charge in [0, 0.05) is 6.08 Å². The topological polar surface area (TPSA) is 89.9 Å². The summed E-state index contributed by atoms with van der Waals surface area (Å²) in [6.45, 7) is 0. The first-order valence-electron chi connectivity index (χ1n) is 8.73. The maximum absolute atomic E-state index is 12.2. The van der Waals surface area contributed by atoms with Gasteiger partial charge in [0.15, 0.2) is 0 Å². The number of carboxylic acids is 1. The van der Waals surface area contributed by atoms with Gasteiger partial charge in [-0.25, -0.2) is 10.3 Å². The number of aromatic carboxylic acids is 1. The summed E-state index contributed by atoms with van der Waals surface area (Å²) in [5, 5.41) is 9.00. The lowest BCUT2D eigenvalue weighted by Gasteiger charge is -2.11. The van der Waals surface area contributed by atoms with Crippen molar-refractivity contribution in [2.24, 2.45) is 0 Å². The molecule has 0 saturated carbocycles. The molecule has 0 aliphatic carbocycles. The largest absolute Gasteiger partial charge is 0.573 e. The van der Waals surface area contributed by atoms with Crippen molar-refractivity contribution in [1.29, 1.82) is 0 Å². The molecule has 2 N–H and O–H groups in total. The van der Waals surface area contributed by atoms with Crippen molar-refractivity contribution in [3.05, 3.63) is 77.1 Å². The second-order valence-corrected chi connectivity index (χ2v) is 7.32. The second kappa shape index (κ2) is 8.28. The molecule has 0 spiro atoms. The van der Waals surface area contributed by atoms with Crippen molar-refractivity contribution in [3.8, 4) is 22.1 Å². The fraction of sp³-hybridized carbons (Fsp3) is 0.100. The van der Waals surface area contributed by atoms with Gasteiger partial charge in [0.25, 0.3) is 0 Å². The van der Waals surface area contributed by atoms with Crippen LogP contribution in [0.15, 0.2) is 66.7 Å². The molecule has 0 bridgehead atoms. The Labute approximate surface area is 177 Å². The minimum atomic E-state index is -4.75. The van der Waals surface area contributed by atoms with Crippen LogP contribution in [0.3, 0.4) is 0 Å². The SMILES string of the molecule is O=C(O)c1ccc(-c2ccc(OC3=CC(c4ccc(OC(F)(F)F)cc4)ON3)cn2)s1. The highest BCUT2D eigenvalue weighted by Gasteiger charge is 2.31. The molecule has 7 nitrogen and oxygen atoms in total. The molecule has 0 saturated heterocycles. The van der Waals surface area contributed by atoms with E-state index in [0.29, 0.717) is 27.8 Å². The van der Waals surface area contributed by atoms with E-state index in [1.165, 1.54) is 36.5 Å². The number of carbonyl (C=O) groups is 1. The van der Waals surface area contributed by atoms with Crippen LogP contribution >= 0.6 is 11.3 Å². The van der Waals surface area contributed by atoms with E-state index in [0.717, 1.165) is 11.3 Å². The predicted molar refractivity (Wildman–Crippen MR) is 103 cm³/mol. The Bertz CT molecular complexity index is 1110. The molecule has 31 heavy (non-hydrogen) atoms. The van der Waals surface area contributed by atoms with E-state index in [1.54, 1.807) is 24.3 Å². The molecule has 1 aliphatic rings. The summed E-state index contributed by atoms with van der Waals surface area (Å²) in [6.07, 6.45) is -2.22. The van der Waals surface area contributed by atoms with Gasteiger partial charge in [0.2, 0.25) is 5.88 Å². The third-order valence-corrected chi connectivity index (χ3v) is 5.16. The molecule has 160 valence electrons. The van der Waals surface area contributed by atoms with Crippen molar-refractivity contribution in [3.63, 3.8) is 0 Å². The Morgan fingerprint density at radius 1 is 1.10 bits per heavy atom. The molecule has 3 aromatic rings. The first kappa shape index (κ1) is 20.7. The number of halogens is 3. The van der Waals surface area contributed by atoms with Gasteiger partial charge >= 0.3 is 12.3 Å². The zero-order valence-electron chi connectivity index (χ0n) is 15.4. The molecule has 2 aromatic heterocycles. The predicted octanol–water partition coefficient (Wildman–Crippen LogP) is 4.90. The van der Waals surface area contributed by atoms with Crippen LogP contribution in [-0.4, -0.2) is 22.4 Å². The quantitative estimate of drug-likeness (QED) is 0.552. The number of hydrogen-bond donors (Lipinski definition) is 2. The number of carboxylic acid groups (broad SMARTS) is 1. The number of hydrogen-bond acceptors (Lipinski definition) is 7. The Kier molecular flexibility index (Phi) is 5.53. The average Bonchev–Trinajstić information content (AvgIpc) is 3.38. The van der Waals surface area contributed by atoms with Crippen LogP contribution in [0.4, 0.5) is 13.2 Å². The average molecular weight is 450 g/mol. The minimum Gasteiger partial charge on any atom is -0.477 e. The van der Waals surface area contributed by atoms with Crippen LogP contribution in [0, 0.1) is 0 Å². The lowest BCUT2D eigenvalue weighted by Crippen LogP contribution is -2.17. The Balaban J connectivity index is 1.39. The third kappa shape index (κ3) is 5.13. The van der Waals surface area contributed by atoms with Crippen LogP contribution in [-0.2, 0) is 4.84 Å². The molecule has 11 heteroatoms. The molecule has 0 radical (unpaired) electrons. The molecule has 1 unspecified atom stereocenters. The van der Waals surface area contributed by atoms with Crippen LogP contribution in [0.1, 0.15) is 21.3 Å². The maximum Gasteiger partial charge on any atom is 0.573 e. The highest BCUT2D eigenvalue weighted by Crippen LogP contribution is 2.30. The molecule has 1 aliphatic heterocycles. The molecule has 4 rings (SSSR count). The van der Waals surface area contributed by atoms with E-state index in [9.17, 15) is 18.0 Å². The molecule has 0 fully saturated rings. The third-order valence-electron chi connectivity index (χ3n) is 4.06. The van der Waals surface area contributed by atoms with Crippen LogP contribution in [0.5, 0.6) is 11.5 Å². The molecule has 3 heterocycles. The Morgan fingerprint density at radius 3 is 2.45 bits per heavy atom. The van der Waals surface area contributed by atoms with E-state index < -0.39 is 18.4 Å². The highest BCUT2D eigenvalue weighted by molar-refractivity contribution is 7.17. The van der Waals surface area contributed by atoms with Gasteiger partial charge in [-0.2, -0.15) is 0 Å². The fourth-order valence-corrected chi connectivity index (χ4v) is 3.53. The van der Waals surface area contributed by atoms with E-state index in [1.807, 2.05) is 0 Å². The number of nitrogens with one attached hydrogen (secondary N) is 1. The van der Waals surface area contributed by atoms with Crippen molar-refractivity contribution in [2.75, 3.05) is 0 Å². The maximum atomic E-state index is 12.2. The van der Waals surface area contributed by atoms with Crippen molar-refractivity contribution < 1.29 is 37.4 Å². The number of nitrogens with zero attached hydrogens (tertiary/aromatic N) is 1. The van der Waals surface area contributed by atoms with Gasteiger partial charge in [-0.05, 0) is 42.0 Å². The van der Waals surface area contributed by atoms with Gasteiger partial charge in [0.05, 0.1) is 16.8 Å². The highest BCUT2D eigenvalue weighted by atomic mass is 32.1. The van der Waals surface area contributed by atoms with Crippen molar-refractivity contribution in [1.82, 2.24) is 10.5 Å². The standard InChI is InChI=1S/C20H13F3N2O5S/c21-20(22,23)29-12-3-1-11(2-4-12)15-9-18(25-30-15)28-13-5-6-14(24-10-13)16-7-8-17(31-16)19(26)27/h1-10,15,25H,(H,26,27). The van der Waals surface area contributed by atoms with Gasteiger partial charge in [-0.15, -0.1) is 24.5 Å². The molecule has 1 atom stereocenters. The number of aromatic nitrogens is 1. The summed E-state index contributed by atoms with van der Waals surface area (Å²) in [5.41, 5.74) is 3.81. The second-order valence-electron chi connectivity index (χ2n) is 6.24. The van der Waals surface area contributed by atoms with Crippen molar-refractivity contribution in [2.45, 2.75) is 12.5 Å². The number of rotatable bonds is 6. The van der Waals surface area contributed by atoms with E-state index in [2.05, 4.69) is 15.2 Å². The van der Waals surface area contributed by atoms with E-state index in [-0.39, 0.29) is 10.6 Å². The summed E-state index contributed by atoms with van der Waals surface area (Å²) in [7, 11) is 0. The van der Waals surface area contributed by atoms with E-state index in [4.69, 9.17) is 14.7 Å². The fourth-order valence-electron chi connectivity index (χ4n) is 2.71. The van der Waals surface area contributed by atoms with Gasteiger partial charge in [0.1, 0.15) is 22.5 Å². The van der Waals surface area contributed by atoms with Crippen LogP contribution in [0.25, 0.3) is 10.6 Å². The molecular weight excluding hydrogens is 437 g/mol. The summed E-state index contributed by atoms with van der Waals surface area (Å²) < 4.78 is 46.2. The smallest absolute Gasteiger partial charge is 0.477 e. The summed E-state index contributed by atoms with van der Waals surface area (Å²) in [4.78, 5) is 21.6. The zero-order valence-corrected chi connectivity index (χ0v) is 16.2. The monoisotopic (exact) mass is 450 g/mol. The Morgan fingerprint density at radius 2 is 1.84 bits per heavy atom. The number of ether oxygens (including phenoxy) is 2. The Hall–Kier alpha value is -3.57. The first-order chi connectivity index (χ1) is 14.8. The summed E-state index contributed by atoms with van der Waals surface area (Å²) in [6, 6.07) is 11.9. The number of thiophene rings is 1. The van der Waals surface area contributed by atoms with E-state index >= 15 is 0 Å². The number of hydroxylamine groups is 1. The van der Waals surface area contributed by atoms with Crippen LogP contribution in [0.2, 0.25) is 0 Å². The first-order valence-corrected chi connectivity index (χ1v) is 9.55. The summed E-state index contributed by atoms with van der Waals surface area (Å²) in [5.74, 6) is -0.613. The molecule has 1 aromatic carbocycles. The molecular formula is C20H13F3N2O5S.